The monoisotopic (exact) mass is 252 g/mol. The van der Waals surface area contributed by atoms with Gasteiger partial charge in [0.25, 0.3) is 0 Å². The first kappa shape index (κ1) is 12.7. The fourth-order valence-electron chi connectivity index (χ4n) is 1.88. The minimum Gasteiger partial charge on any atom is -0.478 e. The molecule has 0 heterocycles. The summed E-state index contributed by atoms with van der Waals surface area (Å²) in [6.45, 7) is 0.0916. The minimum atomic E-state index is -1.01. The van der Waals surface area contributed by atoms with Crippen LogP contribution < -0.4 is 4.90 Å². The lowest BCUT2D eigenvalue weighted by atomic mass is 10.1. The molecule has 0 aliphatic rings. The largest absolute Gasteiger partial charge is 0.478 e. The first-order chi connectivity index (χ1) is 9.24. The van der Waals surface area contributed by atoms with Crippen LogP contribution >= 0.6 is 0 Å². The SMILES string of the molecule is N#CCN(c1ccccc1)c1ccccc1C(=O)O. The Morgan fingerprint density at radius 3 is 2.37 bits per heavy atom. The molecule has 1 N–H and O–H groups in total. The van der Waals surface area contributed by atoms with E-state index >= 15 is 0 Å². The number of carboxylic acids is 1. The molecule has 19 heavy (non-hydrogen) atoms. The topological polar surface area (TPSA) is 64.3 Å². The summed E-state index contributed by atoms with van der Waals surface area (Å²) in [6, 6.07) is 18.0. The zero-order valence-corrected chi connectivity index (χ0v) is 10.2. The van der Waals surface area contributed by atoms with E-state index in [0.29, 0.717) is 5.69 Å². The molecule has 0 radical (unpaired) electrons. The van der Waals surface area contributed by atoms with Crippen molar-refractivity contribution in [2.75, 3.05) is 11.4 Å². The second-order valence-electron chi connectivity index (χ2n) is 3.90. The summed E-state index contributed by atoms with van der Waals surface area (Å²) >= 11 is 0. The third kappa shape index (κ3) is 2.72. The van der Waals surface area contributed by atoms with Crippen molar-refractivity contribution in [2.45, 2.75) is 0 Å². The Morgan fingerprint density at radius 1 is 1.11 bits per heavy atom. The minimum absolute atomic E-state index is 0.0916. The van der Waals surface area contributed by atoms with E-state index in [1.54, 1.807) is 23.1 Å². The Labute approximate surface area is 111 Å². The molecule has 0 bridgehead atoms. The van der Waals surface area contributed by atoms with Crippen molar-refractivity contribution in [3.05, 3.63) is 60.2 Å². The summed E-state index contributed by atoms with van der Waals surface area (Å²) in [4.78, 5) is 12.9. The molecule has 0 unspecified atom stereocenters. The van der Waals surface area contributed by atoms with E-state index in [9.17, 15) is 9.90 Å². The van der Waals surface area contributed by atoms with E-state index in [2.05, 4.69) is 6.07 Å². The van der Waals surface area contributed by atoms with Gasteiger partial charge in [-0.05, 0) is 24.3 Å². The molecule has 0 saturated heterocycles. The lowest BCUT2D eigenvalue weighted by Gasteiger charge is -2.23. The molecule has 0 atom stereocenters. The van der Waals surface area contributed by atoms with Crippen LogP contribution in [0.2, 0.25) is 0 Å². The van der Waals surface area contributed by atoms with Crippen LogP contribution in [-0.4, -0.2) is 17.6 Å². The highest BCUT2D eigenvalue weighted by molar-refractivity contribution is 5.95. The Kier molecular flexibility index (Phi) is 3.79. The summed E-state index contributed by atoms with van der Waals surface area (Å²) in [7, 11) is 0. The predicted molar refractivity (Wildman–Crippen MR) is 72.5 cm³/mol. The average molecular weight is 252 g/mol. The zero-order chi connectivity index (χ0) is 13.7. The predicted octanol–water partition coefficient (Wildman–Crippen LogP) is 3.05. The smallest absolute Gasteiger partial charge is 0.337 e. The summed E-state index contributed by atoms with van der Waals surface area (Å²) in [5, 5.41) is 18.2. The van der Waals surface area contributed by atoms with E-state index < -0.39 is 5.97 Å². The number of para-hydroxylation sites is 2. The molecule has 2 aromatic rings. The lowest BCUT2D eigenvalue weighted by molar-refractivity contribution is 0.0697. The van der Waals surface area contributed by atoms with E-state index in [1.165, 1.54) is 6.07 Å². The third-order valence-corrected chi connectivity index (χ3v) is 2.72. The molecule has 0 saturated carbocycles. The van der Waals surface area contributed by atoms with Gasteiger partial charge in [-0.1, -0.05) is 30.3 Å². The number of carboxylic acid groups (broad SMARTS) is 1. The van der Waals surface area contributed by atoms with Crippen LogP contribution in [0, 0.1) is 11.3 Å². The molecule has 4 heteroatoms. The van der Waals surface area contributed by atoms with Gasteiger partial charge in [0.2, 0.25) is 0 Å². The maximum Gasteiger partial charge on any atom is 0.337 e. The molecule has 0 aliphatic heterocycles. The molecular formula is C15H12N2O2. The number of hydrogen-bond donors (Lipinski definition) is 1. The van der Waals surface area contributed by atoms with Gasteiger partial charge in [-0.2, -0.15) is 5.26 Å². The van der Waals surface area contributed by atoms with Gasteiger partial charge >= 0.3 is 5.97 Å². The standard InChI is InChI=1S/C15H12N2O2/c16-10-11-17(12-6-2-1-3-7-12)14-9-5-4-8-13(14)15(18)19/h1-9H,11H2,(H,18,19). The normalized spacial score (nSPS) is 9.63. The van der Waals surface area contributed by atoms with Crippen LogP contribution in [0.5, 0.6) is 0 Å². The fourth-order valence-corrected chi connectivity index (χ4v) is 1.88. The summed E-state index contributed by atoms with van der Waals surface area (Å²) in [6.07, 6.45) is 0. The third-order valence-electron chi connectivity index (χ3n) is 2.72. The van der Waals surface area contributed by atoms with E-state index in [1.807, 2.05) is 30.3 Å². The maximum atomic E-state index is 11.3. The first-order valence-electron chi connectivity index (χ1n) is 5.76. The molecule has 0 fully saturated rings. The number of anilines is 2. The van der Waals surface area contributed by atoms with E-state index in [4.69, 9.17) is 5.26 Å². The van der Waals surface area contributed by atoms with Crippen molar-refractivity contribution in [1.82, 2.24) is 0 Å². The van der Waals surface area contributed by atoms with Crippen LogP contribution in [-0.2, 0) is 0 Å². The molecule has 0 aromatic heterocycles. The number of nitriles is 1. The number of hydrogen-bond acceptors (Lipinski definition) is 3. The second kappa shape index (κ2) is 5.69. The van der Waals surface area contributed by atoms with Gasteiger partial charge in [-0.25, -0.2) is 4.79 Å². The van der Waals surface area contributed by atoms with Gasteiger partial charge in [0.05, 0.1) is 17.3 Å². The second-order valence-corrected chi connectivity index (χ2v) is 3.90. The van der Waals surface area contributed by atoms with Crippen molar-refractivity contribution < 1.29 is 9.90 Å². The summed E-state index contributed by atoms with van der Waals surface area (Å²) < 4.78 is 0. The summed E-state index contributed by atoms with van der Waals surface area (Å²) in [5.74, 6) is -1.01. The van der Waals surface area contributed by atoms with Crippen molar-refractivity contribution in [3.8, 4) is 6.07 Å². The van der Waals surface area contributed by atoms with Gasteiger partial charge in [-0.15, -0.1) is 0 Å². The number of rotatable bonds is 4. The molecule has 0 aliphatic carbocycles. The molecule has 2 rings (SSSR count). The van der Waals surface area contributed by atoms with Crippen LogP contribution in [0.4, 0.5) is 11.4 Å². The molecule has 2 aromatic carbocycles. The number of aromatic carboxylic acids is 1. The highest BCUT2D eigenvalue weighted by atomic mass is 16.4. The Hall–Kier alpha value is -2.80. The molecular weight excluding hydrogens is 240 g/mol. The van der Waals surface area contributed by atoms with Crippen LogP contribution in [0.15, 0.2) is 54.6 Å². The number of carbonyl (C=O) groups is 1. The van der Waals surface area contributed by atoms with Crippen LogP contribution in [0.3, 0.4) is 0 Å². The fraction of sp³-hybridized carbons (Fsp3) is 0.0667. The van der Waals surface area contributed by atoms with Crippen molar-refractivity contribution in [2.24, 2.45) is 0 Å². The van der Waals surface area contributed by atoms with E-state index in [0.717, 1.165) is 5.69 Å². The average Bonchev–Trinajstić information content (AvgIpc) is 2.45. The highest BCUT2D eigenvalue weighted by Crippen LogP contribution is 2.28. The van der Waals surface area contributed by atoms with Gasteiger partial charge < -0.3 is 10.0 Å². The Balaban J connectivity index is 2.52. The summed E-state index contributed by atoms with van der Waals surface area (Å²) in [5.41, 5.74) is 1.49. The van der Waals surface area contributed by atoms with Crippen molar-refractivity contribution in [3.63, 3.8) is 0 Å². The van der Waals surface area contributed by atoms with Gasteiger partial charge in [0.15, 0.2) is 0 Å². The van der Waals surface area contributed by atoms with Gasteiger partial charge in [-0.3, -0.25) is 0 Å². The lowest BCUT2D eigenvalue weighted by Crippen LogP contribution is -2.19. The molecule has 4 nitrogen and oxygen atoms in total. The highest BCUT2D eigenvalue weighted by Gasteiger charge is 2.16. The molecule has 0 amide bonds. The van der Waals surface area contributed by atoms with Gasteiger partial charge in [0, 0.05) is 5.69 Å². The number of nitrogens with zero attached hydrogens (tertiary/aromatic N) is 2. The van der Waals surface area contributed by atoms with Crippen molar-refractivity contribution >= 4 is 17.3 Å². The molecule has 94 valence electrons. The maximum absolute atomic E-state index is 11.3. The zero-order valence-electron chi connectivity index (χ0n) is 10.2. The Bertz CT molecular complexity index is 618. The number of benzene rings is 2. The van der Waals surface area contributed by atoms with Gasteiger partial charge in [0.1, 0.15) is 6.54 Å². The van der Waals surface area contributed by atoms with Crippen LogP contribution in [0.1, 0.15) is 10.4 Å². The van der Waals surface area contributed by atoms with Crippen LogP contribution in [0.25, 0.3) is 0 Å². The van der Waals surface area contributed by atoms with E-state index in [-0.39, 0.29) is 12.1 Å². The quantitative estimate of drug-likeness (QED) is 0.849. The van der Waals surface area contributed by atoms with Crippen molar-refractivity contribution in [1.29, 1.82) is 5.26 Å². The Morgan fingerprint density at radius 2 is 1.74 bits per heavy atom. The molecule has 0 spiro atoms. The first-order valence-corrected chi connectivity index (χ1v) is 5.76.